The highest BCUT2D eigenvalue weighted by Gasteiger charge is 2.20. The van der Waals surface area contributed by atoms with Crippen molar-refractivity contribution in [3.05, 3.63) is 46.3 Å². The topological polar surface area (TPSA) is 12.0 Å². The minimum absolute atomic E-state index is 0. The van der Waals surface area contributed by atoms with Crippen LogP contribution in [0.5, 0.6) is 0 Å². The molecule has 0 atom stereocenters. The van der Waals surface area contributed by atoms with Gasteiger partial charge in [-0.1, -0.05) is 29.8 Å². The van der Waals surface area contributed by atoms with Crippen molar-refractivity contribution in [1.29, 1.82) is 0 Å². The van der Waals surface area contributed by atoms with Gasteiger partial charge in [-0.3, -0.25) is 0 Å². The van der Waals surface area contributed by atoms with E-state index in [1.54, 1.807) is 0 Å². The number of thiophene rings is 1. The summed E-state index contributed by atoms with van der Waals surface area (Å²) in [6.07, 6.45) is 2.67. The van der Waals surface area contributed by atoms with E-state index in [-0.39, 0.29) is 12.4 Å². The van der Waals surface area contributed by atoms with Gasteiger partial charge in [0.25, 0.3) is 0 Å². The molecule has 1 saturated carbocycles. The Morgan fingerprint density at radius 3 is 2.67 bits per heavy atom. The average Bonchev–Trinajstić information content (AvgIpc) is 3.06. The van der Waals surface area contributed by atoms with Gasteiger partial charge in [0.05, 0.1) is 0 Å². The molecular weight excluding hydrogens is 285 g/mol. The van der Waals surface area contributed by atoms with Gasteiger partial charge in [-0.05, 0) is 31.0 Å². The van der Waals surface area contributed by atoms with Crippen LogP contribution in [0.25, 0.3) is 10.4 Å². The van der Waals surface area contributed by atoms with Crippen LogP contribution in [-0.2, 0) is 6.54 Å². The van der Waals surface area contributed by atoms with Crippen molar-refractivity contribution in [1.82, 2.24) is 5.32 Å². The molecule has 3 rings (SSSR count). The second kappa shape index (κ2) is 6.07. The van der Waals surface area contributed by atoms with Crippen LogP contribution in [0.3, 0.4) is 0 Å². The molecule has 2 aromatic rings. The number of halogens is 2. The van der Waals surface area contributed by atoms with E-state index in [9.17, 15) is 0 Å². The third-order valence-corrected chi connectivity index (χ3v) is 4.39. The molecule has 1 fully saturated rings. The summed E-state index contributed by atoms with van der Waals surface area (Å²) in [4.78, 5) is 2.63. The van der Waals surface area contributed by atoms with Crippen molar-refractivity contribution in [2.24, 2.45) is 0 Å². The summed E-state index contributed by atoms with van der Waals surface area (Å²) in [7, 11) is 0. The van der Waals surface area contributed by atoms with E-state index in [0.717, 1.165) is 23.2 Å². The van der Waals surface area contributed by atoms with E-state index in [1.807, 2.05) is 29.5 Å². The first-order valence-electron chi connectivity index (χ1n) is 5.90. The van der Waals surface area contributed by atoms with Gasteiger partial charge >= 0.3 is 0 Å². The molecule has 1 aliphatic carbocycles. The zero-order valence-electron chi connectivity index (χ0n) is 9.86. The van der Waals surface area contributed by atoms with Gasteiger partial charge in [-0.25, -0.2) is 0 Å². The Kier molecular flexibility index (Phi) is 4.68. The van der Waals surface area contributed by atoms with Crippen LogP contribution in [0.2, 0.25) is 5.02 Å². The normalized spacial score (nSPS) is 14.3. The van der Waals surface area contributed by atoms with Gasteiger partial charge in [-0.15, -0.1) is 23.7 Å². The van der Waals surface area contributed by atoms with E-state index in [4.69, 9.17) is 11.6 Å². The third-order valence-electron chi connectivity index (χ3n) is 2.94. The maximum absolute atomic E-state index is 6.20. The van der Waals surface area contributed by atoms with Gasteiger partial charge in [-0.2, -0.15) is 0 Å². The molecule has 0 unspecified atom stereocenters. The molecule has 4 heteroatoms. The van der Waals surface area contributed by atoms with Gasteiger partial charge < -0.3 is 5.32 Å². The highest BCUT2D eigenvalue weighted by Crippen LogP contribution is 2.33. The van der Waals surface area contributed by atoms with Crippen molar-refractivity contribution < 1.29 is 0 Å². The van der Waals surface area contributed by atoms with E-state index < -0.39 is 0 Å². The molecule has 0 spiro atoms. The zero-order chi connectivity index (χ0) is 11.7. The number of hydrogen-bond donors (Lipinski definition) is 1. The van der Waals surface area contributed by atoms with Crippen molar-refractivity contribution in [2.45, 2.75) is 25.4 Å². The monoisotopic (exact) mass is 299 g/mol. The lowest BCUT2D eigenvalue weighted by molar-refractivity contribution is 0.695. The summed E-state index contributed by atoms with van der Waals surface area (Å²) in [5.74, 6) is 0. The van der Waals surface area contributed by atoms with Crippen molar-refractivity contribution in [2.75, 3.05) is 0 Å². The molecule has 0 aliphatic heterocycles. The number of benzene rings is 1. The molecule has 0 saturated heterocycles. The fourth-order valence-corrected chi connectivity index (χ4v) is 3.10. The van der Waals surface area contributed by atoms with E-state index in [1.165, 1.54) is 22.6 Å². The lowest BCUT2D eigenvalue weighted by Crippen LogP contribution is -2.14. The highest BCUT2D eigenvalue weighted by atomic mass is 35.5. The molecule has 1 nitrogen and oxygen atoms in total. The van der Waals surface area contributed by atoms with Crippen molar-refractivity contribution in [3.63, 3.8) is 0 Å². The molecule has 0 amide bonds. The van der Waals surface area contributed by atoms with Crippen LogP contribution >= 0.6 is 35.3 Å². The van der Waals surface area contributed by atoms with Gasteiger partial charge in [0.1, 0.15) is 0 Å². The smallest absolute Gasteiger partial charge is 0.0492 e. The number of rotatable bonds is 4. The van der Waals surface area contributed by atoms with Crippen LogP contribution in [0.15, 0.2) is 36.4 Å². The molecule has 0 radical (unpaired) electrons. The summed E-state index contributed by atoms with van der Waals surface area (Å²) >= 11 is 8.02. The predicted molar refractivity (Wildman–Crippen MR) is 81.9 cm³/mol. The Bertz CT molecular complexity index is 520. The molecule has 1 aliphatic rings. The minimum atomic E-state index is 0. The fraction of sp³-hybridized carbons (Fsp3) is 0.286. The fourth-order valence-electron chi connectivity index (χ4n) is 1.81. The molecule has 1 heterocycles. The Morgan fingerprint density at radius 1 is 1.17 bits per heavy atom. The molecule has 1 N–H and O–H groups in total. The largest absolute Gasteiger partial charge is 0.309 e. The molecule has 18 heavy (non-hydrogen) atoms. The molecule has 1 aromatic carbocycles. The quantitative estimate of drug-likeness (QED) is 0.859. The number of nitrogens with one attached hydrogen (secondary N) is 1. The lowest BCUT2D eigenvalue weighted by atomic mass is 10.2. The average molecular weight is 300 g/mol. The third kappa shape index (κ3) is 3.27. The second-order valence-electron chi connectivity index (χ2n) is 4.40. The van der Waals surface area contributed by atoms with Crippen LogP contribution in [0.1, 0.15) is 17.7 Å². The summed E-state index contributed by atoms with van der Waals surface area (Å²) in [5, 5.41) is 4.36. The van der Waals surface area contributed by atoms with E-state index in [0.29, 0.717) is 0 Å². The summed E-state index contributed by atoms with van der Waals surface area (Å²) in [6.45, 7) is 0.986. The first-order chi connectivity index (χ1) is 8.33. The van der Waals surface area contributed by atoms with Gasteiger partial charge in [0.15, 0.2) is 0 Å². The van der Waals surface area contributed by atoms with Crippen LogP contribution < -0.4 is 5.32 Å². The van der Waals surface area contributed by atoms with Crippen molar-refractivity contribution in [3.8, 4) is 10.4 Å². The summed E-state index contributed by atoms with van der Waals surface area (Å²) in [5.41, 5.74) is 1.14. The SMILES string of the molecule is Cl.Clc1ccccc1-c1ccc(CNC2CC2)s1. The maximum atomic E-state index is 6.20. The molecule has 96 valence electrons. The molecule has 0 bridgehead atoms. The second-order valence-corrected chi connectivity index (χ2v) is 5.98. The van der Waals surface area contributed by atoms with Crippen LogP contribution in [0.4, 0.5) is 0 Å². The minimum Gasteiger partial charge on any atom is -0.309 e. The summed E-state index contributed by atoms with van der Waals surface area (Å²) in [6, 6.07) is 13.1. The zero-order valence-corrected chi connectivity index (χ0v) is 12.2. The molecule has 1 aromatic heterocycles. The lowest BCUT2D eigenvalue weighted by Gasteiger charge is -2.00. The van der Waals surface area contributed by atoms with Crippen LogP contribution in [0, 0.1) is 0 Å². The van der Waals surface area contributed by atoms with Gasteiger partial charge in [0, 0.05) is 32.9 Å². The molecular formula is C14H15Cl2NS. The Hall–Kier alpha value is -0.540. The Labute approximate surface area is 123 Å². The maximum Gasteiger partial charge on any atom is 0.0492 e. The van der Waals surface area contributed by atoms with E-state index >= 15 is 0 Å². The Balaban J connectivity index is 0.00000120. The summed E-state index contributed by atoms with van der Waals surface area (Å²) < 4.78 is 0. The predicted octanol–water partition coefficient (Wildman–Crippen LogP) is 4.74. The first kappa shape index (κ1) is 13.9. The van der Waals surface area contributed by atoms with Gasteiger partial charge in [0.2, 0.25) is 0 Å². The van der Waals surface area contributed by atoms with E-state index in [2.05, 4.69) is 23.5 Å². The number of hydrogen-bond acceptors (Lipinski definition) is 2. The van der Waals surface area contributed by atoms with Crippen molar-refractivity contribution >= 4 is 35.3 Å². The first-order valence-corrected chi connectivity index (χ1v) is 7.09. The Morgan fingerprint density at radius 2 is 1.94 bits per heavy atom. The van der Waals surface area contributed by atoms with Crippen LogP contribution in [-0.4, -0.2) is 6.04 Å². The standard InChI is InChI=1S/C14H14ClNS.ClH/c15-13-4-2-1-3-12(13)14-8-7-11(17-14)9-16-10-5-6-10;/h1-4,7-8,10,16H,5-6,9H2;1H. The highest BCUT2D eigenvalue weighted by molar-refractivity contribution is 7.15.